The standard InChI is InChI=1S/C17H19ClN7O2S.BrH/c1-3-24(11-10-23-9-8-22(2)12-23)14-6-4-13(5-7-14)20-21-17-19-15(18)16(28-17)25(26)27;/h4-9,12H,3,10-11H2,1-2H3;1H/q+1;/p-1/b21-20+;. The zero-order valence-electron chi connectivity index (χ0n) is 15.8. The van der Waals surface area contributed by atoms with Crippen LogP contribution in [0.4, 0.5) is 21.5 Å². The van der Waals surface area contributed by atoms with Crippen LogP contribution in [0.1, 0.15) is 6.92 Å². The van der Waals surface area contributed by atoms with E-state index in [1.54, 1.807) is 0 Å². The first-order valence-electron chi connectivity index (χ1n) is 8.54. The summed E-state index contributed by atoms with van der Waals surface area (Å²) < 4.78 is 4.16. The van der Waals surface area contributed by atoms with Gasteiger partial charge in [-0.25, -0.2) is 9.13 Å². The molecule has 0 atom stereocenters. The van der Waals surface area contributed by atoms with Crippen LogP contribution in [-0.2, 0) is 13.6 Å². The molecule has 0 spiro atoms. The Kier molecular flexibility index (Phi) is 8.23. The van der Waals surface area contributed by atoms with E-state index >= 15 is 0 Å². The van der Waals surface area contributed by atoms with E-state index in [-0.39, 0.29) is 32.3 Å². The van der Waals surface area contributed by atoms with Crippen molar-refractivity contribution >= 4 is 44.4 Å². The summed E-state index contributed by atoms with van der Waals surface area (Å²) in [5.74, 6) is 0. The van der Waals surface area contributed by atoms with Crippen LogP contribution in [0.15, 0.2) is 53.2 Å². The molecule has 12 heteroatoms. The van der Waals surface area contributed by atoms with Gasteiger partial charge in [0.1, 0.15) is 18.9 Å². The van der Waals surface area contributed by atoms with Crippen molar-refractivity contribution in [2.45, 2.75) is 13.5 Å². The third-order valence-corrected chi connectivity index (χ3v) is 5.29. The molecule has 0 amide bonds. The van der Waals surface area contributed by atoms with Crippen molar-refractivity contribution in [3.05, 3.63) is 58.3 Å². The molecular weight excluding hydrogens is 482 g/mol. The van der Waals surface area contributed by atoms with E-state index in [9.17, 15) is 10.1 Å². The lowest BCUT2D eigenvalue weighted by molar-refractivity contribution is -0.671. The number of nitro groups is 1. The summed E-state index contributed by atoms with van der Waals surface area (Å²) >= 11 is 6.51. The summed E-state index contributed by atoms with van der Waals surface area (Å²) in [6.45, 7) is 4.77. The number of halogens is 2. The normalized spacial score (nSPS) is 10.9. The monoisotopic (exact) mass is 499 g/mol. The number of aryl methyl sites for hydroxylation is 1. The summed E-state index contributed by atoms with van der Waals surface area (Å²) in [5, 5.41) is 18.6. The van der Waals surface area contributed by atoms with Gasteiger partial charge in [-0.1, -0.05) is 11.6 Å². The van der Waals surface area contributed by atoms with Crippen molar-refractivity contribution in [1.29, 1.82) is 0 Å². The number of likely N-dealkylation sites (N-methyl/N-ethyl adjacent to an activating group) is 1. The van der Waals surface area contributed by atoms with Gasteiger partial charge in [0.2, 0.25) is 16.6 Å². The molecule has 0 N–H and O–H groups in total. The zero-order valence-corrected chi connectivity index (χ0v) is 18.9. The lowest BCUT2D eigenvalue weighted by atomic mass is 10.2. The zero-order chi connectivity index (χ0) is 20.1. The Balaban J connectivity index is 0.00000300. The topological polar surface area (TPSA) is 92.8 Å². The van der Waals surface area contributed by atoms with Crippen LogP contribution < -0.4 is 26.4 Å². The van der Waals surface area contributed by atoms with Crippen LogP contribution in [0.3, 0.4) is 0 Å². The van der Waals surface area contributed by atoms with Gasteiger partial charge in [-0.05, 0) is 42.5 Å². The first kappa shape index (κ1) is 22.9. The molecule has 0 radical (unpaired) electrons. The molecule has 29 heavy (non-hydrogen) atoms. The van der Waals surface area contributed by atoms with Crippen molar-refractivity contribution in [2.24, 2.45) is 17.3 Å². The molecule has 0 fully saturated rings. The average Bonchev–Trinajstić information content (AvgIpc) is 3.26. The van der Waals surface area contributed by atoms with Gasteiger partial charge < -0.3 is 21.9 Å². The molecule has 3 aromatic rings. The van der Waals surface area contributed by atoms with Crippen LogP contribution in [0.25, 0.3) is 0 Å². The number of benzene rings is 1. The minimum absolute atomic E-state index is 0. The fraction of sp³-hybridized carbons (Fsp3) is 0.294. The van der Waals surface area contributed by atoms with Gasteiger partial charge in [-0.2, -0.15) is 4.98 Å². The van der Waals surface area contributed by atoms with E-state index < -0.39 is 4.92 Å². The van der Waals surface area contributed by atoms with Crippen molar-refractivity contribution in [1.82, 2.24) is 9.55 Å². The summed E-state index contributed by atoms with van der Waals surface area (Å²) in [6.07, 6.45) is 6.11. The van der Waals surface area contributed by atoms with E-state index in [4.69, 9.17) is 11.6 Å². The first-order valence-corrected chi connectivity index (χ1v) is 9.74. The van der Waals surface area contributed by atoms with Gasteiger partial charge in [0.25, 0.3) is 0 Å². The number of rotatable bonds is 8. The van der Waals surface area contributed by atoms with E-state index in [1.807, 2.05) is 54.6 Å². The first-order chi connectivity index (χ1) is 13.5. The van der Waals surface area contributed by atoms with E-state index in [0.29, 0.717) is 5.69 Å². The second-order valence-electron chi connectivity index (χ2n) is 5.96. The number of nitrogens with zero attached hydrogens (tertiary/aromatic N) is 7. The Morgan fingerprint density at radius 1 is 1.34 bits per heavy atom. The van der Waals surface area contributed by atoms with Crippen molar-refractivity contribution < 1.29 is 26.5 Å². The Bertz CT molecular complexity index is 990. The highest BCUT2D eigenvalue weighted by molar-refractivity contribution is 7.19. The van der Waals surface area contributed by atoms with Gasteiger partial charge in [0, 0.05) is 12.2 Å². The molecule has 0 aliphatic carbocycles. The predicted octanol–water partition coefficient (Wildman–Crippen LogP) is 1.28. The minimum atomic E-state index is -0.582. The van der Waals surface area contributed by atoms with Gasteiger partial charge in [0.05, 0.1) is 24.2 Å². The van der Waals surface area contributed by atoms with Crippen LogP contribution >= 0.6 is 22.9 Å². The maximum Gasteiger partial charge on any atom is 0.364 e. The lowest BCUT2D eigenvalue weighted by Gasteiger charge is -2.22. The van der Waals surface area contributed by atoms with Gasteiger partial charge in [-0.15, -0.1) is 10.2 Å². The second-order valence-corrected chi connectivity index (χ2v) is 7.28. The third-order valence-electron chi connectivity index (χ3n) is 4.02. The predicted molar refractivity (Wildman–Crippen MR) is 108 cm³/mol. The highest BCUT2D eigenvalue weighted by atomic mass is 79.9. The number of hydrogen-bond donors (Lipinski definition) is 0. The molecule has 1 aromatic carbocycles. The Hall–Kier alpha value is -2.37. The molecule has 0 aliphatic heterocycles. The summed E-state index contributed by atoms with van der Waals surface area (Å²) in [6, 6.07) is 7.65. The van der Waals surface area contributed by atoms with Crippen molar-refractivity contribution in [3.8, 4) is 0 Å². The molecular formula is C17H19BrClN7O2S. The van der Waals surface area contributed by atoms with Gasteiger partial charge in [0.15, 0.2) is 0 Å². The van der Waals surface area contributed by atoms with Gasteiger partial charge in [-0.3, -0.25) is 10.1 Å². The summed E-state index contributed by atoms with van der Waals surface area (Å²) in [7, 11) is 2.00. The van der Waals surface area contributed by atoms with Gasteiger partial charge >= 0.3 is 5.00 Å². The summed E-state index contributed by atoms with van der Waals surface area (Å²) in [5.41, 5.74) is 1.72. The molecule has 0 bridgehead atoms. The maximum atomic E-state index is 10.8. The SMILES string of the molecule is CCN(CCn1cc[n+](C)c1)c1ccc(/N=N/c2nc(Cl)c([N+](=O)[O-])s2)cc1.[Br-]. The molecule has 3 rings (SSSR count). The average molecular weight is 501 g/mol. The van der Waals surface area contributed by atoms with E-state index in [0.717, 1.165) is 36.7 Å². The van der Waals surface area contributed by atoms with Crippen LogP contribution in [-0.4, -0.2) is 27.6 Å². The highest BCUT2D eigenvalue weighted by Gasteiger charge is 2.19. The molecule has 0 unspecified atom stereocenters. The molecule has 0 aliphatic rings. The molecule has 0 saturated heterocycles. The fourth-order valence-corrected chi connectivity index (χ4v) is 3.52. The summed E-state index contributed by atoms with van der Waals surface area (Å²) in [4.78, 5) is 16.3. The van der Waals surface area contributed by atoms with E-state index in [2.05, 4.69) is 31.6 Å². The minimum Gasteiger partial charge on any atom is -1.00 e. The number of imidazole rings is 1. The number of aromatic nitrogens is 3. The van der Waals surface area contributed by atoms with Crippen LogP contribution in [0.2, 0.25) is 5.15 Å². The third kappa shape index (κ3) is 6.05. The smallest absolute Gasteiger partial charge is 0.364 e. The van der Waals surface area contributed by atoms with E-state index in [1.165, 1.54) is 0 Å². The molecule has 2 aromatic heterocycles. The van der Waals surface area contributed by atoms with Crippen molar-refractivity contribution in [2.75, 3.05) is 18.0 Å². The fourth-order valence-electron chi connectivity index (χ4n) is 2.61. The molecule has 9 nitrogen and oxygen atoms in total. The van der Waals surface area contributed by atoms with Crippen molar-refractivity contribution in [3.63, 3.8) is 0 Å². The number of anilines is 1. The van der Waals surface area contributed by atoms with Crippen LogP contribution in [0.5, 0.6) is 0 Å². The molecule has 154 valence electrons. The molecule has 0 saturated carbocycles. The second kappa shape index (κ2) is 10.4. The Labute approximate surface area is 187 Å². The number of hydrogen-bond acceptors (Lipinski definition) is 7. The lowest BCUT2D eigenvalue weighted by Crippen LogP contribution is -3.00. The largest absolute Gasteiger partial charge is 1.00 e. The Morgan fingerprint density at radius 3 is 2.62 bits per heavy atom. The molecule has 2 heterocycles. The Morgan fingerprint density at radius 2 is 2.07 bits per heavy atom. The maximum absolute atomic E-state index is 10.8. The van der Waals surface area contributed by atoms with Crippen LogP contribution in [0, 0.1) is 10.1 Å². The number of thiazole rings is 1. The quantitative estimate of drug-likeness (QED) is 0.202. The highest BCUT2D eigenvalue weighted by Crippen LogP contribution is 2.36. The number of azo groups is 1.